The molecule has 0 saturated carbocycles. The number of amides is 1. The van der Waals surface area contributed by atoms with Crippen LogP contribution in [-0.2, 0) is 6.42 Å². The predicted octanol–water partition coefficient (Wildman–Crippen LogP) is 3.39. The standard InChI is InChI=1S/C22H17N7OS/c30-22(16-8-11-26-29(16)18-7-3-4-10-23-18)28-12-9-15-19(25-13-24-15)20(28)21-27-14-5-1-2-6-17(14)31-21/h1-8,10-11,13,20H,9,12H2,(H,24,25)/t20-/m0/s1. The van der Waals surface area contributed by atoms with Crippen LogP contribution in [0.15, 0.2) is 67.3 Å². The molecule has 9 heteroatoms. The van der Waals surface area contributed by atoms with E-state index in [0.717, 1.165) is 26.6 Å². The third kappa shape index (κ3) is 2.93. The van der Waals surface area contributed by atoms with Crippen molar-refractivity contribution >= 4 is 27.5 Å². The zero-order chi connectivity index (χ0) is 20.8. The molecule has 0 aliphatic carbocycles. The predicted molar refractivity (Wildman–Crippen MR) is 116 cm³/mol. The van der Waals surface area contributed by atoms with Crippen LogP contribution in [0.25, 0.3) is 16.0 Å². The minimum atomic E-state index is -0.355. The Morgan fingerprint density at radius 2 is 1.97 bits per heavy atom. The largest absolute Gasteiger partial charge is 0.348 e. The van der Waals surface area contributed by atoms with Gasteiger partial charge in [-0.15, -0.1) is 11.3 Å². The molecular weight excluding hydrogens is 410 g/mol. The lowest BCUT2D eigenvalue weighted by atomic mass is 10.0. The second-order valence-corrected chi connectivity index (χ2v) is 8.32. The van der Waals surface area contributed by atoms with E-state index >= 15 is 0 Å². The summed E-state index contributed by atoms with van der Waals surface area (Å²) in [6.07, 6.45) is 5.71. The molecule has 4 aromatic heterocycles. The molecule has 8 nitrogen and oxygen atoms in total. The molecule has 0 spiro atoms. The summed E-state index contributed by atoms with van der Waals surface area (Å²) in [5.41, 5.74) is 3.29. The van der Waals surface area contributed by atoms with Crippen LogP contribution in [0.5, 0.6) is 0 Å². The molecule has 0 unspecified atom stereocenters. The number of hydrogen-bond donors (Lipinski definition) is 1. The van der Waals surface area contributed by atoms with E-state index < -0.39 is 0 Å². The number of imidazole rings is 1. The number of nitrogens with one attached hydrogen (secondary N) is 1. The Hall–Kier alpha value is -3.85. The second kappa shape index (κ2) is 7.13. The molecule has 0 bridgehead atoms. The van der Waals surface area contributed by atoms with Crippen LogP contribution in [0.1, 0.15) is 32.9 Å². The third-order valence-electron chi connectivity index (χ3n) is 5.46. The molecule has 5 heterocycles. The fraction of sp³-hybridized carbons (Fsp3) is 0.136. The maximum absolute atomic E-state index is 13.8. The molecular formula is C22H17N7OS. The first-order chi connectivity index (χ1) is 15.3. The Kier molecular flexibility index (Phi) is 4.13. The van der Waals surface area contributed by atoms with E-state index in [-0.39, 0.29) is 11.9 Å². The van der Waals surface area contributed by atoms with Crippen molar-refractivity contribution in [2.45, 2.75) is 12.5 Å². The molecule has 1 aliphatic heterocycles. The summed E-state index contributed by atoms with van der Waals surface area (Å²) in [7, 11) is 0. The summed E-state index contributed by atoms with van der Waals surface area (Å²) in [6, 6.07) is 14.9. The van der Waals surface area contributed by atoms with E-state index in [9.17, 15) is 4.79 Å². The van der Waals surface area contributed by atoms with Gasteiger partial charge < -0.3 is 9.88 Å². The molecule has 5 aromatic rings. The van der Waals surface area contributed by atoms with E-state index in [2.05, 4.69) is 20.1 Å². The topological polar surface area (TPSA) is 92.6 Å². The van der Waals surface area contributed by atoms with Gasteiger partial charge in [0.25, 0.3) is 5.91 Å². The molecule has 152 valence electrons. The quantitative estimate of drug-likeness (QED) is 0.476. The number of pyridine rings is 1. The number of aromatic nitrogens is 6. The Morgan fingerprint density at radius 1 is 1.06 bits per heavy atom. The molecule has 0 radical (unpaired) electrons. The van der Waals surface area contributed by atoms with Crippen molar-refractivity contribution in [3.63, 3.8) is 0 Å². The first-order valence-corrected chi connectivity index (χ1v) is 10.8. The summed E-state index contributed by atoms with van der Waals surface area (Å²) < 4.78 is 2.67. The first-order valence-electron chi connectivity index (χ1n) is 9.93. The van der Waals surface area contributed by atoms with E-state index in [4.69, 9.17) is 4.98 Å². The Morgan fingerprint density at radius 3 is 2.84 bits per heavy atom. The highest BCUT2D eigenvalue weighted by atomic mass is 32.1. The van der Waals surface area contributed by atoms with Gasteiger partial charge in [0.2, 0.25) is 0 Å². The molecule has 1 atom stereocenters. The van der Waals surface area contributed by atoms with E-state index in [1.807, 2.05) is 47.4 Å². The van der Waals surface area contributed by atoms with Crippen molar-refractivity contribution in [2.75, 3.05) is 6.54 Å². The smallest absolute Gasteiger partial charge is 0.273 e. The maximum atomic E-state index is 13.8. The Balaban J connectivity index is 1.45. The molecule has 1 N–H and O–H groups in total. The normalized spacial score (nSPS) is 15.9. The number of nitrogens with zero attached hydrogens (tertiary/aromatic N) is 6. The number of fused-ring (bicyclic) bond motifs is 2. The van der Waals surface area contributed by atoms with E-state index in [1.165, 1.54) is 0 Å². The van der Waals surface area contributed by atoms with E-state index in [0.29, 0.717) is 24.5 Å². The van der Waals surface area contributed by atoms with Crippen LogP contribution in [0.3, 0.4) is 0 Å². The highest BCUT2D eigenvalue weighted by molar-refractivity contribution is 7.18. The van der Waals surface area contributed by atoms with Gasteiger partial charge in [-0.2, -0.15) is 5.10 Å². The zero-order valence-corrected chi connectivity index (χ0v) is 17.2. The molecule has 1 aromatic carbocycles. The maximum Gasteiger partial charge on any atom is 0.273 e. The summed E-state index contributed by atoms with van der Waals surface area (Å²) in [5, 5.41) is 5.19. The summed E-state index contributed by atoms with van der Waals surface area (Å²) in [6.45, 7) is 0.558. The first kappa shape index (κ1) is 18.0. The van der Waals surface area contributed by atoms with Crippen molar-refractivity contribution in [1.29, 1.82) is 0 Å². The van der Waals surface area contributed by atoms with Gasteiger partial charge in [0.15, 0.2) is 5.82 Å². The van der Waals surface area contributed by atoms with Gasteiger partial charge in [0.1, 0.15) is 16.7 Å². The van der Waals surface area contributed by atoms with Crippen LogP contribution >= 0.6 is 11.3 Å². The molecule has 0 saturated heterocycles. The van der Waals surface area contributed by atoms with Crippen molar-refractivity contribution in [3.8, 4) is 5.82 Å². The number of H-pyrrole nitrogens is 1. The number of rotatable bonds is 3. The number of para-hydroxylation sites is 1. The van der Waals surface area contributed by atoms with Crippen LogP contribution in [0, 0.1) is 0 Å². The fourth-order valence-corrected chi connectivity index (χ4v) is 5.11. The summed E-state index contributed by atoms with van der Waals surface area (Å²) in [4.78, 5) is 32.6. The third-order valence-corrected chi connectivity index (χ3v) is 6.55. The molecule has 0 fully saturated rings. The van der Waals surface area contributed by atoms with Gasteiger partial charge in [-0.05, 0) is 30.3 Å². The number of thiazole rings is 1. The number of carbonyl (C=O) groups is 1. The van der Waals surface area contributed by atoms with Crippen molar-refractivity contribution in [1.82, 2.24) is 34.6 Å². The fourth-order valence-electron chi connectivity index (χ4n) is 4.03. The minimum Gasteiger partial charge on any atom is -0.348 e. The number of carbonyl (C=O) groups excluding carboxylic acids is 1. The van der Waals surface area contributed by atoms with E-state index in [1.54, 1.807) is 40.8 Å². The lowest BCUT2D eigenvalue weighted by Gasteiger charge is -2.33. The molecule has 1 aliphatic rings. The monoisotopic (exact) mass is 427 g/mol. The number of benzene rings is 1. The minimum absolute atomic E-state index is 0.124. The lowest BCUT2D eigenvalue weighted by Crippen LogP contribution is -2.41. The number of aromatic amines is 1. The van der Waals surface area contributed by atoms with Crippen molar-refractivity contribution in [3.05, 3.63) is 89.3 Å². The number of hydrogen-bond acceptors (Lipinski definition) is 6. The Labute approximate surface area is 181 Å². The van der Waals surface area contributed by atoms with Gasteiger partial charge in [-0.1, -0.05) is 18.2 Å². The summed E-state index contributed by atoms with van der Waals surface area (Å²) in [5.74, 6) is 0.478. The summed E-state index contributed by atoms with van der Waals surface area (Å²) >= 11 is 1.60. The van der Waals surface area contributed by atoms with Crippen molar-refractivity contribution < 1.29 is 4.79 Å². The van der Waals surface area contributed by atoms with Gasteiger partial charge in [0.05, 0.1) is 28.4 Å². The average Bonchev–Trinajstić information content (AvgIpc) is 3.57. The molecule has 31 heavy (non-hydrogen) atoms. The highest BCUT2D eigenvalue weighted by Gasteiger charge is 2.37. The van der Waals surface area contributed by atoms with Crippen LogP contribution in [0.2, 0.25) is 0 Å². The molecule has 6 rings (SSSR count). The second-order valence-electron chi connectivity index (χ2n) is 7.25. The zero-order valence-electron chi connectivity index (χ0n) is 16.3. The SMILES string of the molecule is O=C(c1ccnn1-c1ccccn1)N1CCc2[nH]cnc2[C@H]1c1nc2ccccc2s1. The highest BCUT2D eigenvalue weighted by Crippen LogP contribution is 2.38. The molecule has 1 amide bonds. The van der Waals surface area contributed by atoms with Crippen molar-refractivity contribution in [2.24, 2.45) is 0 Å². The average molecular weight is 427 g/mol. The van der Waals surface area contributed by atoms with Crippen LogP contribution in [-0.4, -0.2) is 47.1 Å². The van der Waals surface area contributed by atoms with Crippen LogP contribution < -0.4 is 0 Å². The van der Waals surface area contributed by atoms with Gasteiger partial charge in [-0.25, -0.2) is 19.6 Å². The van der Waals surface area contributed by atoms with Gasteiger partial charge >= 0.3 is 0 Å². The Bertz CT molecular complexity index is 1350. The van der Waals surface area contributed by atoms with Gasteiger partial charge in [0, 0.05) is 24.9 Å². The van der Waals surface area contributed by atoms with Gasteiger partial charge in [-0.3, -0.25) is 4.79 Å². The van der Waals surface area contributed by atoms with Crippen LogP contribution in [0.4, 0.5) is 0 Å². The lowest BCUT2D eigenvalue weighted by molar-refractivity contribution is 0.0681.